The summed E-state index contributed by atoms with van der Waals surface area (Å²) in [6.45, 7) is 6.58. The predicted octanol–water partition coefficient (Wildman–Crippen LogP) is 3.65. The van der Waals surface area contributed by atoms with Crippen molar-refractivity contribution in [2.24, 2.45) is 0 Å². The van der Waals surface area contributed by atoms with Crippen LogP contribution < -0.4 is 15.4 Å². The number of ether oxygens (including phenoxy) is 1. The Bertz CT molecular complexity index is 845. The summed E-state index contributed by atoms with van der Waals surface area (Å²) in [6.07, 6.45) is 0.165. The minimum atomic E-state index is -0.202. The highest BCUT2D eigenvalue weighted by atomic mass is 16.5. The van der Waals surface area contributed by atoms with E-state index in [9.17, 15) is 9.59 Å². The number of benzene rings is 2. The van der Waals surface area contributed by atoms with Crippen molar-refractivity contribution in [2.75, 3.05) is 18.5 Å². The fourth-order valence-corrected chi connectivity index (χ4v) is 2.49. The number of nitriles is 1. The maximum Gasteiger partial charge on any atom is 0.251 e. The third kappa shape index (κ3) is 6.44. The van der Waals surface area contributed by atoms with Crippen molar-refractivity contribution in [2.45, 2.75) is 32.6 Å². The van der Waals surface area contributed by atoms with Crippen molar-refractivity contribution in [1.82, 2.24) is 5.32 Å². The molecule has 0 atom stereocenters. The molecule has 0 aliphatic rings. The molecule has 0 aromatic heterocycles. The summed E-state index contributed by atoms with van der Waals surface area (Å²) >= 11 is 0. The second-order valence-electron chi connectivity index (χ2n) is 7.35. The second kappa shape index (κ2) is 9.56. The maximum atomic E-state index is 12.2. The van der Waals surface area contributed by atoms with Crippen LogP contribution in [0.4, 0.5) is 5.69 Å². The number of carbonyl (C=O) groups excluding carboxylic acids is 2. The summed E-state index contributed by atoms with van der Waals surface area (Å²) in [6, 6.07) is 16.1. The number of nitrogens with zero attached hydrogens (tertiary/aromatic N) is 1. The number of hydrogen-bond donors (Lipinski definition) is 2. The van der Waals surface area contributed by atoms with E-state index in [1.54, 1.807) is 36.4 Å². The van der Waals surface area contributed by atoms with E-state index in [0.29, 0.717) is 17.0 Å². The first-order chi connectivity index (χ1) is 13.3. The predicted molar refractivity (Wildman–Crippen MR) is 108 cm³/mol. The summed E-state index contributed by atoms with van der Waals surface area (Å²) in [7, 11) is 0. The SMILES string of the molecule is CC(C)(C)c1ccc(C(=O)NCCC(=O)Nc2ccc(OCC#N)cc2)cc1. The molecule has 0 spiro atoms. The van der Waals surface area contributed by atoms with Crippen LogP contribution in [-0.2, 0) is 10.2 Å². The number of amides is 2. The van der Waals surface area contributed by atoms with E-state index in [1.807, 2.05) is 18.2 Å². The molecule has 2 N–H and O–H groups in total. The van der Waals surface area contributed by atoms with Gasteiger partial charge < -0.3 is 15.4 Å². The molecule has 0 aliphatic carbocycles. The molecule has 2 amide bonds. The van der Waals surface area contributed by atoms with E-state index in [0.717, 1.165) is 5.56 Å². The molecule has 0 saturated carbocycles. The van der Waals surface area contributed by atoms with Crippen molar-refractivity contribution in [3.05, 3.63) is 59.7 Å². The lowest BCUT2D eigenvalue weighted by molar-refractivity contribution is -0.116. The Morgan fingerprint density at radius 1 is 1.04 bits per heavy atom. The highest BCUT2D eigenvalue weighted by Crippen LogP contribution is 2.22. The molecule has 2 aromatic rings. The van der Waals surface area contributed by atoms with Crippen LogP contribution in [0.2, 0.25) is 0 Å². The van der Waals surface area contributed by atoms with Crippen molar-refractivity contribution < 1.29 is 14.3 Å². The largest absolute Gasteiger partial charge is 0.479 e. The molecule has 0 fully saturated rings. The highest BCUT2D eigenvalue weighted by Gasteiger charge is 2.14. The van der Waals surface area contributed by atoms with Gasteiger partial charge in [0.2, 0.25) is 5.91 Å². The normalized spacial score (nSPS) is 10.6. The third-order valence-corrected chi connectivity index (χ3v) is 4.09. The molecule has 2 rings (SSSR count). The molecule has 0 heterocycles. The van der Waals surface area contributed by atoms with Crippen LogP contribution in [0.15, 0.2) is 48.5 Å². The smallest absolute Gasteiger partial charge is 0.251 e. The number of nitrogens with one attached hydrogen (secondary N) is 2. The van der Waals surface area contributed by atoms with Gasteiger partial charge in [-0.25, -0.2) is 0 Å². The number of hydrogen-bond acceptors (Lipinski definition) is 4. The number of anilines is 1. The fourth-order valence-electron chi connectivity index (χ4n) is 2.49. The van der Waals surface area contributed by atoms with Crippen LogP contribution in [0, 0.1) is 11.3 Å². The molecule has 0 aliphatic heterocycles. The molecule has 0 saturated heterocycles. The molecule has 6 heteroatoms. The van der Waals surface area contributed by atoms with Crippen LogP contribution >= 0.6 is 0 Å². The Labute approximate surface area is 165 Å². The van der Waals surface area contributed by atoms with Crippen LogP contribution in [0.3, 0.4) is 0 Å². The Morgan fingerprint density at radius 2 is 1.68 bits per heavy atom. The standard InChI is InChI=1S/C22H25N3O3/c1-22(2,3)17-6-4-16(5-7-17)21(27)24-14-12-20(26)25-18-8-10-19(11-9-18)28-15-13-23/h4-11H,12,14-15H2,1-3H3,(H,24,27)(H,25,26). The summed E-state index contributed by atoms with van der Waals surface area (Å²) < 4.78 is 5.15. The molecule has 2 aromatic carbocycles. The Balaban J connectivity index is 1.77. The Kier molecular flexibility index (Phi) is 7.16. The van der Waals surface area contributed by atoms with E-state index in [-0.39, 0.29) is 36.8 Å². The third-order valence-electron chi connectivity index (χ3n) is 4.09. The molecule has 0 unspecified atom stereocenters. The van der Waals surface area contributed by atoms with Gasteiger partial charge in [-0.1, -0.05) is 32.9 Å². The van der Waals surface area contributed by atoms with E-state index in [4.69, 9.17) is 10.00 Å². The monoisotopic (exact) mass is 379 g/mol. The maximum absolute atomic E-state index is 12.2. The van der Waals surface area contributed by atoms with Gasteiger partial charge in [0, 0.05) is 24.2 Å². The molecule has 0 bridgehead atoms. The summed E-state index contributed by atoms with van der Waals surface area (Å²) in [4.78, 5) is 24.2. The van der Waals surface area contributed by atoms with Gasteiger partial charge in [0.25, 0.3) is 5.91 Å². The Hall–Kier alpha value is -3.33. The zero-order valence-electron chi connectivity index (χ0n) is 16.4. The van der Waals surface area contributed by atoms with Gasteiger partial charge in [-0.05, 0) is 47.4 Å². The van der Waals surface area contributed by atoms with E-state index in [1.165, 1.54) is 0 Å². The van der Waals surface area contributed by atoms with Gasteiger partial charge in [-0.15, -0.1) is 0 Å². The van der Waals surface area contributed by atoms with Crippen LogP contribution in [0.5, 0.6) is 5.75 Å². The quantitative estimate of drug-likeness (QED) is 0.768. The van der Waals surface area contributed by atoms with E-state index < -0.39 is 0 Å². The van der Waals surface area contributed by atoms with Gasteiger partial charge >= 0.3 is 0 Å². The molecule has 0 radical (unpaired) electrons. The van der Waals surface area contributed by atoms with Crippen LogP contribution in [-0.4, -0.2) is 25.0 Å². The lowest BCUT2D eigenvalue weighted by Gasteiger charge is -2.19. The lowest BCUT2D eigenvalue weighted by atomic mass is 9.87. The minimum Gasteiger partial charge on any atom is -0.479 e. The first-order valence-electron chi connectivity index (χ1n) is 9.08. The Morgan fingerprint density at radius 3 is 2.25 bits per heavy atom. The zero-order chi connectivity index (χ0) is 20.6. The topological polar surface area (TPSA) is 91.2 Å². The summed E-state index contributed by atoms with van der Waals surface area (Å²) in [5, 5.41) is 14.0. The van der Waals surface area contributed by atoms with Gasteiger partial charge in [0.1, 0.15) is 11.8 Å². The van der Waals surface area contributed by atoms with Gasteiger partial charge in [-0.3, -0.25) is 9.59 Å². The van der Waals surface area contributed by atoms with Gasteiger partial charge in [0.15, 0.2) is 6.61 Å². The number of carbonyl (C=O) groups is 2. The molecule has 28 heavy (non-hydrogen) atoms. The first-order valence-corrected chi connectivity index (χ1v) is 9.08. The van der Waals surface area contributed by atoms with Crippen LogP contribution in [0.25, 0.3) is 0 Å². The van der Waals surface area contributed by atoms with Crippen molar-refractivity contribution in [3.63, 3.8) is 0 Å². The first kappa shape index (κ1) is 21.0. The van der Waals surface area contributed by atoms with Gasteiger partial charge in [0.05, 0.1) is 0 Å². The van der Waals surface area contributed by atoms with E-state index >= 15 is 0 Å². The fraction of sp³-hybridized carbons (Fsp3) is 0.318. The van der Waals surface area contributed by atoms with E-state index in [2.05, 4.69) is 31.4 Å². The summed E-state index contributed by atoms with van der Waals surface area (Å²) in [5.41, 5.74) is 2.39. The highest BCUT2D eigenvalue weighted by molar-refractivity contribution is 5.95. The van der Waals surface area contributed by atoms with Gasteiger partial charge in [-0.2, -0.15) is 5.26 Å². The molecular formula is C22H25N3O3. The van der Waals surface area contributed by atoms with Crippen LogP contribution in [0.1, 0.15) is 43.1 Å². The van der Waals surface area contributed by atoms with Crippen molar-refractivity contribution >= 4 is 17.5 Å². The lowest BCUT2D eigenvalue weighted by Crippen LogP contribution is -2.27. The zero-order valence-corrected chi connectivity index (χ0v) is 16.4. The second-order valence-corrected chi connectivity index (χ2v) is 7.35. The molecule has 6 nitrogen and oxygen atoms in total. The molecule has 146 valence electrons. The average Bonchev–Trinajstić information content (AvgIpc) is 2.67. The minimum absolute atomic E-state index is 0.0235. The average molecular weight is 379 g/mol. The van der Waals surface area contributed by atoms with Crippen molar-refractivity contribution in [1.29, 1.82) is 5.26 Å². The molecular weight excluding hydrogens is 354 g/mol. The number of rotatable bonds is 7. The van der Waals surface area contributed by atoms with Crippen molar-refractivity contribution in [3.8, 4) is 11.8 Å². The summed E-state index contributed by atoms with van der Waals surface area (Å²) in [5.74, 6) is 0.158.